The normalized spacial score (nSPS) is 28.3. The van der Waals surface area contributed by atoms with E-state index in [0.717, 1.165) is 19.5 Å². The first-order valence-corrected chi connectivity index (χ1v) is 4.39. The second-order valence-electron chi connectivity index (χ2n) is 2.19. The van der Waals surface area contributed by atoms with Crippen LogP contribution in [0.4, 0.5) is 0 Å². The molecule has 1 atom stereocenters. The van der Waals surface area contributed by atoms with E-state index in [2.05, 4.69) is 5.32 Å². The van der Waals surface area contributed by atoms with Gasteiger partial charge in [-0.3, -0.25) is 0 Å². The average molecular weight is 146 g/mol. The molecule has 1 heterocycles. The van der Waals surface area contributed by atoms with Gasteiger partial charge < -0.3 is 5.32 Å². The summed E-state index contributed by atoms with van der Waals surface area (Å²) in [6.45, 7) is 2.23. The Hall–Kier alpha value is 0.270. The van der Waals surface area contributed by atoms with Gasteiger partial charge in [-0.1, -0.05) is 0 Å². The first-order chi connectivity index (χ1) is 4.43. The lowest BCUT2D eigenvalue weighted by molar-refractivity contribution is 0.188. The van der Waals surface area contributed by atoms with Gasteiger partial charge in [-0.2, -0.15) is 11.8 Å². The summed E-state index contributed by atoms with van der Waals surface area (Å²) in [7, 11) is 0. The molecule has 0 amide bonds. The number of nitrogens with one attached hydrogen (secondary N) is 1. The monoisotopic (exact) mass is 146 g/mol. The molecule has 2 nitrogen and oxygen atoms in total. The van der Waals surface area contributed by atoms with E-state index >= 15 is 0 Å². The molecule has 1 N–H and O–H groups in total. The van der Waals surface area contributed by atoms with E-state index in [1.165, 1.54) is 5.75 Å². The van der Waals surface area contributed by atoms with E-state index in [0.29, 0.717) is 5.25 Å². The molecule has 0 aromatic carbocycles. The SMILES string of the molecule is [O]CCC1CNCCS1. The second-order valence-corrected chi connectivity index (χ2v) is 3.60. The highest BCUT2D eigenvalue weighted by atomic mass is 32.2. The summed E-state index contributed by atoms with van der Waals surface area (Å²) in [5.74, 6) is 1.17. The number of rotatable bonds is 2. The zero-order valence-corrected chi connectivity index (χ0v) is 6.25. The van der Waals surface area contributed by atoms with Crippen molar-refractivity contribution >= 4 is 11.8 Å². The fourth-order valence-corrected chi connectivity index (χ4v) is 2.03. The fraction of sp³-hybridized carbons (Fsp3) is 1.00. The number of hydrogen-bond donors (Lipinski definition) is 1. The molecule has 0 aromatic rings. The Balaban J connectivity index is 2.08. The fourth-order valence-electron chi connectivity index (χ4n) is 0.937. The average Bonchev–Trinajstić information content (AvgIpc) is 1.91. The van der Waals surface area contributed by atoms with Crippen LogP contribution in [-0.2, 0) is 5.11 Å². The van der Waals surface area contributed by atoms with Crippen molar-refractivity contribution in [1.29, 1.82) is 0 Å². The summed E-state index contributed by atoms with van der Waals surface area (Å²) in [6, 6.07) is 0. The third-order valence-electron chi connectivity index (χ3n) is 1.44. The molecule has 1 radical (unpaired) electrons. The van der Waals surface area contributed by atoms with Gasteiger partial charge in [0.15, 0.2) is 0 Å². The largest absolute Gasteiger partial charge is 0.315 e. The summed E-state index contributed by atoms with van der Waals surface area (Å²) in [6.07, 6.45) is 0.831. The van der Waals surface area contributed by atoms with Crippen LogP contribution in [-0.4, -0.2) is 30.7 Å². The summed E-state index contributed by atoms with van der Waals surface area (Å²) in [5.41, 5.74) is 0. The molecule has 53 valence electrons. The van der Waals surface area contributed by atoms with Gasteiger partial charge in [0.2, 0.25) is 0 Å². The minimum absolute atomic E-state index is 0.0827. The van der Waals surface area contributed by atoms with Crippen molar-refractivity contribution < 1.29 is 5.11 Å². The van der Waals surface area contributed by atoms with Crippen molar-refractivity contribution in [2.75, 3.05) is 25.4 Å². The van der Waals surface area contributed by atoms with Crippen molar-refractivity contribution in [1.82, 2.24) is 5.32 Å². The summed E-state index contributed by atoms with van der Waals surface area (Å²) in [4.78, 5) is 0. The maximum atomic E-state index is 10.2. The zero-order chi connectivity index (χ0) is 6.53. The molecule has 1 unspecified atom stereocenters. The highest BCUT2D eigenvalue weighted by molar-refractivity contribution is 8.00. The third-order valence-corrected chi connectivity index (χ3v) is 2.76. The summed E-state index contributed by atoms with van der Waals surface area (Å²) >= 11 is 1.93. The molecule has 1 rings (SSSR count). The van der Waals surface area contributed by atoms with Crippen LogP contribution in [0, 0.1) is 0 Å². The molecule has 0 aromatic heterocycles. The molecule has 0 spiro atoms. The van der Waals surface area contributed by atoms with Crippen LogP contribution in [0.2, 0.25) is 0 Å². The van der Waals surface area contributed by atoms with Crippen LogP contribution in [0.15, 0.2) is 0 Å². The van der Waals surface area contributed by atoms with Crippen LogP contribution < -0.4 is 5.32 Å². The Morgan fingerprint density at radius 3 is 3.11 bits per heavy atom. The quantitative estimate of drug-likeness (QED) is 0.615. The Morgan fingerprint density at radius 1 is 1.67 bits per heavy atom. The maximum Gasteiger partial charge on any atom is 0.0833 e. The van der Waals surface area contributed by atoms with Gasteiger partial charge >= 0.3 is 0 Å². The molecule has 0 aliphatic carbocycles. The van der Waals surface area contributed by atoms with E-state index in [1.54, 1.807) is 0 Å². The van der Waals surface area contributed by atoms with Crippen LogP contribution in [0.1, 0.15) is 6.42 Å². The second kappa shape index (κ2) is 4.14. The van der Waals surface area contributed by atoms with Gasteiger partial charge in [0.05, 0.1) is 6.61 Å². The minimum atomic E-state index is 0.0827. The standard InChI is InChI=1S/C6H12NOS/c8-3-1-6-5-7-2-4-9-6/h6-7H,1-5H2. The van der Waals surface area contributed by atoms with E-state index in [4.69, 9.17) is 0 Å². The first kappa shape index (κ1) is 7.38. The van der Waals surface area contributed by atoms with E-state index in [9.17, 15) is 5.11 Å². The van der Waals surface area contributed by atoms with E-state index in [-0.39, 0.29) is 6.61 Å². The minimum Gasteiger partial charge on any atom is -0.315 e. The molecule has 9 heavy (non-hydrogen) atoms. The number of thioether (sulfide) groups is 1. The molecule has 1 saturated heterocycles. The van der Waals surface area contributed by atoms with Crippen molar-refractivity contribution in [3.63, 3.8) is 0 Å². The molecule has 0 bridgehead atoms. The Bertz CT molecular complexity index is 70.7. The topological polar surface area (TPSA) is 31.9 Å². The Morgan fingerprint density at radius 2 is 2.56 bits per heavy atom. The van der Waals surface area contributed by atoms with Gasteiger partial charge in [-0.25, -0.2) is 5.11 Å². The number of hydrogen-bond acceptors (Lipinski definition) is 2. The lowest BCUT2D eigenvalue weighted by atomic mass is 10.3. The molecular formula is C6H12NOS. The third kappa shape index (κ3) is 2.56. The molecular weight excluding hydrogens is 134 g/mol. The molecule has 1 fully saturated rings. The lowest BCUT2D eigenvalue weighted by Crippen LogP contribution is -2.32. The molecule has 1 aliphatic heterocycles. The Labute approximate surface area is 60.0 Å². The van der Waals surface area contributed by atoms with Crippen LogP contribution in [0.3, 0.4) is 0 Å². The van der Waals surface area contributed by atoms with Crippen molar-refractivity contribution in [3.8, 4) is 0 Å². The molecule has 1 aliphatic rings. The van der Waals surface area contributed by atoms with Gasteiger partial charge in [0.25, 0.3) is 0 Å². The van der Waals surface area contributed by atoms with Crippen molar-refractivity contribution in [2.24, 2.45) is 0 Å². The first-order valence-electron chi connectivity index (χ1n) is 3.34. The summed E-state index contributed by atoms with van der Waals surface area (Å²) < 4.78 is 0. The predicted molar refractivity (Wildman–Crippen MR) is 39.3 cm³/mol. The molecule has 0 saturated carbocycles. The molecule has 3 heteroatoms. The van der Waals surface area contributed by atoms with Gasteiger partial charge in [0.1, 0.15) is 0 Å². The smallest absolute Gasteiger partial charge is 0.0833 e. The van der Waals surface area contributed by atoms with Gasteiger partial charge in [-0.15, -0.1) is 0 Å². The van der Waals surface area contributed by atoms with Crippen LogP contribution in [0.25, 0.3) is 0 Å². The van der Waals surface area contributed by atoms with Crippen molar-refractivity contribution in [2.45, 2.75) is 11.7 Å². The van der Waals surface area contributed by atoms with Gasteiger partial charge in [0, 0.05) is 24.1 Å². The highest BCUT2D eigenvalue weighted by Gasteiger charge is 2.11. The predicted octanol–water partition coefficient (Wildman–Crippen LogP) is 0.512. The van der Waals surface area contributed by atoms with Crippen LogP contribution in [0.5, 0.6) is 0 Å². The highest BCUT2D eigenvalue weighted by Crippen LogP contribution is 2.15. The maximum absolute atomic E-state index is 10.2. The zero-order valence-electron chi connectivity index (χ0n) is 5.43. The van der Waals surface area contributed by atoms with Crippen LogP contribution >= 0.6 is 11.8 Å². The summed E-state index contributed by atoms with van der Waals surface area (Å²) in [5, 5.41) is 14.0. The van der Waals surface area contributed by atoms with Crippen molar-refractivity contribution in [3.05, 3.63) is 0 Å². The van der Waals surface area contributed by atoms with E-state index in [1.807, 2.05) is 11.8 Å². The van der Waals surface area contributed by atoms with E-state index < -0.39 is 0 Å². The Kier molecular flexibility index (Phi) is 3.40. The lowest BCUT2D eigenvalue weighted by Gasteiger charge is -2.20. The van der Waals surface area contributed by atoms with Gasteiger partial charge in [-0.05, 0) is 6.42 Å².